The van der Waals surface area contributed by atoms with E-state index in [9.17, 15) is 4.79 Å². The van der Waals surface area contributed by atoms with Gasteiger partial charge in [0, 0.05) is 15.9 Å². The van der Waals surface area contributed by atoms with Crippen LogP contribution in [0.4, 0.5) is 0 Å². The number of hydrogen-bond acceptors (Lipinski definition) is 2. The maximum absolute atomic E-state index is 10.2. The van der Waals surface area contributed by atoms with Crippen molar-refractivity contribution in [2.24, 2.45) is 0 Å². The molecule has 0 fully saturated rings. The second kappa shape index (κ2) is 4.74. The molecule has 1 aromatic carbocycles. The van der Waals surface area contributed by atoms with Crippen LogP contribution in [-0.4, -0.2) is 17.5 Å². The molecule has 2 nitrogen and oxygen atoms in total. The SMILES string of the molecule is O=CC(O)Cc1cc(Cl)ccc1Br. The lowest BCUT2D eigenvalue weighted by molar-refractivity contribution is -0.114. The van der Waals surface area contributed by atoms with Crippen molar-refractivity contribution in [3.63, 3.8) is 0 Å². The summed E-state index contributed by atoms with van der Waals surface area (Å²) in [6.45, 7) is 0. The fourth-order valence-electron chi connectivity index (χ4n) is 0.973. The summed E-state index contributed by atoms with van der Waals surface area (Å²) in [6.07, 6.45) is -0.174. The Hall–Kier alpha value is -0.380. The molecule has 0 radical (unpaired) electrons. The zero-order chi connectivity index (χ0) is 9.84. The summed E-state index contributed by atoms with van der Waals surface area (Å²) in [4.78, 5) is 10.2. The molecule has 0 amide bonds. The molecule has 0 spiro atoms. The highest BCUT2D eigenvalue weighted by molar-refractivity contribution is 9.10. The quantitative estimate of drug-likeness (QED) is 0.849. The lowest BCUT2D eigenvalue weighted by Gasteiger charge is -2.06. The van der Waals surface area contributed by atoms with Crippen molar-refractivity contribution in [2.75, 3.05) is 0 Å². The molecule has 1 rings (SSSR count). The highest BCUT2D eigenvalue weighted by Gasteiger charge is 2.07. The van der Waals surface area contributed by atoms with Crippen molar-refractivity contribution in [2.45, 2.75) is 12.5 Å². The van der Waals surface area contributed by atoms with Gasteiger partial charge in [-0.2, -0.15) is 0 Å². The minimum atomic E-state index is -0.963. The van der Waals surface area contributed by atoms with Gasteiger partial charge in [0.25, 0.3) is 0 Å². The average molecular weight is 264 g/mol. The zero-order valence-corrected chi connectivity index (χ0v) is 9.05. The summed E-state index contributed by atoms with van der Waals surface area (Å²) in [5.41, 5.74) is 0.826. The lowest BCUT2D eigenvalue weighted by atomic mass is 10.1. The molecule has 0 aliphatic carbocycles. The maximum Gasteiger partial charge on any atom is 0.148 e. The van der Waals surface area contributed by atoms with E-state index in [0.717, 1.165) is 10.0 Å². The molecule has 0 aliphatic heterocycles. The molecule has 0 aromatic heterocycles. The van der Waals surface area contributed by atoms with Crippen LogP contribution in [0.2, 0.25) is 5.02 Å². The molecule has 0 saturated heterocycles. The molecule has 0 bridgehead atoms. The van der Waals surface area contributed by atoms with Gasteiger partial charge in [-0.3, -0.25) is 0 Å². The van der Waals surface area contributed by atoms with Crippen LogP contribution in [0, 0.1) is 0 Å². The first-order chi connectivity index (χ1) is 6.13. The van der Waals surface area contributed by atoms with Crippen molar-refractivity contribution >= 4 is 33.8 Å². The van der Waals surface area contributed by atoms with Crippen LogP contribution in [0.5, 0.6) is 0 Å². The van der Waals surface area contributed by atoms with Crippen molar-refractivity contribution in [1.82, 2.24) is 0 Å². The van der Waals surface area contributed by atoms with Crippen molar-refractivity contribution in [3.8, 4) is 0 Å². The van der Waals surface area contributed by atoms with Gasteiger partial charge in [-0.1, -0.05) is 27.5 Å². The second-order valence-electron chi connectivity index (χ2n) is 2.64. The van der Waals surface area contributed by atoms with Crippen LogP contribution in [-0.2, 0) is 11.2 Å². The summed E-state index contributed by atoms with van der Waals surface area (Å²) in [6, 6.07) is 5.25. The van der Waals surface area contributed by atoms with Crippen molar-refractivity contribution in [1.29, 1.82) is 0 Å². The zero-order valence-electron chi connectivity index (χ0n) is 6.71. The summed E-state index contributed by atoms with van der Waals surface area (Å²) >= 11 is 9.06. The number of aldehydes is 1. The van der Waals surface area contributed by atoms with Crippen LogP contribution in [0.1, 0.15) is 5.56 Å². The van der Waals surface area contributed by atoms with E-state index in [1.54, 1.807) is 18.2 Å². The van der Waals surface area contributed by atoms with Gasteiger partial charge in [-0.25, -0.2) is 0 Å². The van der Waals surface area contributed by atoms with E-state index < -0.39 is 6.10 Å². The van der Waals surface area contributed by atoms with Crippen LogP contribution >= 0.6 is 27.5 Å². The first-order valence-electron chi connectivity index (χ1n) is 3.71. The minimum Gasteiger partial charge on any atom is -0.385 e. The Bertz CT molecular complexity index is 314. The molecule has 0 heterocycles. The number of halogens is 2. The number of carbonyl (C=O) groups is 1. The lowest BCUT2D eigenvalue weighted by Crippen LogP contribution is -2.11. The van der Waals surface area contributed by atoms with Gasteiger partial charge in [-0.15, -0.1) is 0 Å². The Labute approximate surface area is 89.7 Å². The van der Waals surface area contributed by atoms with Gasteiger partial charge in [0.15, 0.2) is 0 Å². The van der Waals surface area contributed by atoms with Crippen LogP contribution in [0.25, 0.3) is 0 Å². The molecule has 0 saturated carbocycles. The smallest absolute Gasteiger partial charge is 0.148 e. The fraction of sp³-hybridized carbons (Fsp3) is 0.222. The predicted octanol–water partition coefficient (Wildman–Crippen LogP) is 2.20. The standard InChI is InChI=1S/C9H8BrClO2/c10-9-2-1-7(11)3-6(9)4-8(13)5-12/h1-3,5,8,13H,4H2. The van der Waals surface area contributed by atoms with Gasteiger partial charge in [-0.05, 0) is 23.8 Å². The third-order valence-electron chi connectivity index (χ3n) is 1.59. The molecule has 1 unspecified atom stereocenters. The van der Waals surface area contributed by atoms with Gasteiger partial charge >= 0.3 is 0 Å². The third-order valence-corrected chi connectivity index (χ3v) is 2.60. The Kier molecular flexibility index (Phi) is 3.90. The monoisotopic (exact) mass is 262 g/mol. The Morgan fingerprint density at radius 1 is 1.62 bits per heavy atom. The van der Waals surface area contributed by atoms with E-state index in [4.69, 9.17) is 16.7 Å². The van der Waals surface area contributed by atoms with E-state index in [1.165, 1.54) is 0 Å². The molecule has 70 valence electrons. The van der Waals surface area contributed by atoms with E-state index in [2.05, 4.69) is 15.9 Å². The van der Waals surface area contributed by atoms with Crippen LogP contribution in [0.3, 0.4) is 0 Å². The number of benzene rings is 1. The largest absolute Gasteiger partial charge is 0.385 e. The first-order valence-corrected chi connectivity index (χ1v) is 4.88. The van der Waals surface area contributed by atoms with E-state index in [1.807, 2.05) is 0 Å². The normalized spacial score (nSPS) is 12.5. The Morgan fingerprint density at radius 2 is 2.31 bits per heavy atom. The van der Waals surface area contributed by atoms with E-state index in [-0.39, 0.29) is 6.42 Å². The van der Waals surface area contributed by atoms with Crippen molar-refractivity contribution in [3.05, 3.63) is 33.3 Å². The molecule has 4 heteroatoms. The van der Waals surface area contributed by atoms with Gasteiger partial charge in [0.2, 0.25) is 0 Å². The Balaban J connectivity index is 2.86. The number of hydrogen-bond donors (Lipinski definition) is 1. The maximum atomic E-state index is 10.2. The van der Waals surface area contributed by atoms with Gasteiger partial charge in [0.05, 0.1) is 0 Å². The average Bonchev–Trinajstić information content (AvgIpc) is 2.11. The van der Waals surface area contributed by atoms with Crippen LogP contribution < -0.4 is 0 Å². The highest BCUT2D eigenvalue weighted by atomic mass is 79.9. The molecule has 1 atom stereocenters. The van der Waals surface area contributed by atoms with Gasteiger partial charge < -0.3 is 9.90 Å². The summed E-state index contributed by atoms with van der Waals surface area (Å²) < 4.78 is 0.845. The summed E-state index contributed by atoms with van der Waals surface area (Å²) in [7, 11) is 0. The second-order valence-corrected chi connectivity index (χ2v) is 3.93. The number of carbonyl (C=O) groups excluding carboxylic acids is 1. The predicted molar refractivity (Wildman–Crippen MR) is 54.9 cm³/mol. The number of rotatable bonds is 3. The number of aliphatic hydroxyl groups excluding tert-OH is 1. The fourth-order valence-corrected chi connectivity index (χ4v) is 1.58. The topological polar surface area (TPSA) is 37.3 Å². The van der Waals surface area contributed by atoms with Crippen LogP contribution in [0.15, 0.2) is 22.7 Å². The molecule has 13 heavy (non-hydrogen) atoms. The van der Waals surface area contributed by atoms with E-state index in [0.29, 0.717) is 11.3 Å². The minimum absolute atomic E-state index is 0.282. The highest BCUT2D eigenvalue weighted by Crippen LogP contribution is 2.22. The number of aliphatic hydroxyl groups is 1. The van der Waals surface area contributed by atoms with Crippen molar-refractivity contribution < 1.29 is 9.90 Å². The molecule has 1 aromatic rings. The first kappa shape index (κ1) is 10.7. The molecular weight excluding hydrogens is 255 g/mol. The molecular formula is C9H8BrClO2. The van der Waals surface area contributed by atoms with Gasteiger partial charge in [0.1, 0.15) is 12.4 Å². The third kappa shape index (κ3) is 3.10. The summed E-state index contributed by atoms with van der Waals surface area (Å²) in [5, 5.41) is 9.69. The Morgan fingerprint density at radius 3 is 2.92 bits per heavy atom. The van der Waals surface area contributed by atoms with E-state index >= 15 is 0 Å². The molecule has 1 N–H and O–H groups in total. The molecule has 0 aliphatic rings. The summed E-state index contributed by atoms with van der Waals surface area (Å²) in [5.74, 6) is 0.